The van der Waals surface area contributed by atoms with Crippen molar-refractivity contribution in [3.8, 4) is 0 Å². The highest BCUT2D eigenvalue weighted by molar-refractivity contribution is 5.28. The molecule has 0 spiro atoms. The van der Waals surface area contributed by atoms with Crippen LogP contribution in [-0.2, 0) is 6.18 Å². The van der Waals surface area contributed by atoms with E-state index in [-0.39, 0.29) is 18.6 Å². The van der Waals surface area contributed by atoms with Crippen LogP contribution in [0.4, 0.5) is 13.2 Å². The Morgan fingerprint density at radius 3 is 2.71 bits per heavy atom. The molecule has 1 saturated heterocycles. The van der Waals surface area contributed by atoms with E-state index in [0.29, 0.717) is 18.5 Å². The maximum absolute atomic E-state index is 12.5. The van der Waals surface area contributed by atoms with Gasteiger partial charge in [-0.05, 0) is 30.0 Å². The third-order valence-electron chi connectivity index (χ3n) is 3.10. The van der Waals surface area contributed by atoms with Crippen LogP contribution in [0, 0.1) is 5.92 Å². The van der Waals surface area contributed by atoms with Gasteiger partial charge >= 0.3 is 6.18 Å². The van der Waals surface area contributed by atoms with Gasteiger partial charge in [0.2, 0.25) is 0 Å². The van der Waals surface area contributed by atoms with Gasteiger partial charge in [-0.2, -0.15) is 13.2 Å². The van der Waals surface area contributed by atoms with E-state index in [1.807, 2.05) is 0 Å². The summed E-state index contributed by atoms with van der Waals surface area (Å²) in [5.41, 5.74) is 0.0139. The summed E-state index contributed by atoms with van der Waals surface area (Å²) in [5.74, 6) is 0.134. The molecule has 0 amide bonds. The van der Waals surface area contributed by atoms with Crippen molar-refractivity contribution >= 4 is 0 Å². The van der Waals surface area contributed by atoms with E-state index in [1.54, 1.807) is 6.07 Å². The van der Waals surface area contributed by atoms with Gasteiger partial charge in [0.25, 0.3) is 0 Å². The number of aliphatic hydroxyl groups is 1. The lowest BCUT2D eigenvalue weighted by Crippen LogP contribution is -2.15. The van der Waals surface area contributed by atoms with E-state index in [1.165, 1.54) is 12.1 Å². The Morgan fingerprint density at radius 2 is 2.12 bits per heavy atom. The van der Waals surface area contributed by atoms with Crippen LogP contribution in [0.25, 0.3) is 0 Å². The summed E-state index contributed by atoms with van der Waals surface area (Å²) in [6, 6.07) is 5.27. The number of hydrogen-bond donors (Lipinski definition) is 2. The van der Waals surface area contributed by atoms with Gasteiger partial charge in [-0.25, -0.2) is 0 Å². The Kier molecular flexibility index (Phi) is 3.40. The second-order valence-corrected chi connectivity index (χ2v) is 4.37. The largest absolute Gasteiger partial charge is 0.416 e. The number of aliphatic hydroxyl groups excluding tert-OH is 1. The molecule has 2 rings (SSSR count). The Balaban J connectivity index is 2.17. The normalized spacial score (nSPS) is 25.2. The molecule has 1 aromatic rings. The van der Waals surface area contributed by atoms with E-state index in [2.05, 4.69) is 5.32 Å². The fourth-order valence-electron chi connectivity index (χ4n) is 2.13. The van der Waals surface area contributed by atoms with Crippen LogP contribution < -0.4 is 5.32 Å². The smallest absolute Gasteiger partial charge is 0.396 e. The molecule has 0 aliphatic carbocycles. The number of benzene rings is 1. The molecule has 1 aromatic carbocycles. The van der Waals surface area contributed by atoms with Crippen LogP contribution in [0.2, 0.25) is 0 Å². The fourth-order valence-corrected chi connectivity index (χ4v) is 2.13. The highest BCUT2D eigenvalue weighted by Gasteiger charge is 2.32. The topological polar surface area (TPSA) is 32.3 Å². The van der Waals surface area contributed by atoms with E-state index >= 15 is 0 Å². The molecule has 2 unspecified atom stereocenters. The van der Waals surface area contributed by atoms with E-state index in [9.17, 15) is 13.2 Å². The van der Waals surface area contributed by atoms with Crippen molar-refractivity contribution in [3.63, 3.8) is 0 Å². The summed E-state index contributed by atoms with van der Waals surface area (Å²) in [6.07, 6.45) is -3.62. The van der Waals surface area contributed by atoms with E-state index in [0.717, 1.165) is 6.07 Å². The number of halogens is 3. The highest BCUT2D eigenvalue weighted by atomic mass is 19.4. The van der Waals surface area contributed by atoms with Crippen molar-refractivity contribution in [1.82, 2.24) is 5.32 Å². The summed E-state index contributed by atoms with van der Waals surface area (Å²) < 4.78 is 37.6. The molecule has 5 heteroatoms. The third-order valence-corrected chi connectivity index (χ3v) is 3.10. The second kappa shape index (κ2) is 4.66. The van der Waals surface area contributed by atoms with Gasteiger partial charge in [0, 0.05) is 19.2 Å². The minimum atomic E-state index is -4.30. The van der Waals surface area contributed by atoms with Crippen LogP contribution >= 0.6 is 0 Å². The SMILES string of the molecule is OCC1CNC(c2cccc(C(F)(F)F)c2)C1. The molecular weight excluding hydrogens is 231 g/mol. The zero-order valence-electron chi connectivity index (χ0n) is 9.17. The van der Waals surface area contributed by atoms with Crippen LogP contribution in [0.5, 0.6) is 0 Å². The molecule has 17 heavy (non-hydrogen) atoms. The summed E-state index contributed by atoms with van der Waals surface area (Å²) in [4.78, 5) is 0. The summed E-state index contributed by atoms with van der Waals surface area (Å²) in [5, 5.41) is 12.1. The monoisotopic (exact) mass is 245 g/mol. The Hall–Kier alpha value is -1.07. The third kappa shape index (κ3) is 2.79. The first kappa shape index (κ1) is 12.4. The average Bonchev–Trinajstić information content (AvgIpc) is 2.76. The van der Waals surface area contributed by atoms with Crippen molar-refractivity contribution in [2.45, 2.75) is 18.6 Å². The zero-order valence-corrected chi connectivity index (χ0v) is 9.17. The molecular formula is C12H14F3NO. The van der Waals surface area contributed by atoms with Gasteiger partial charge in [-0.15, -0.1) is 0 Å². The lowest BCUT2D eigenvalue weighted by molar-refractivity contribution is -0.137. The molecule has 1 aliphatic heterocycles. The molecule has 0 bridgehead atoms. The summed E-state index contributed by atoms with van der Waals surface area (Å²) in [7, 11) is 0. The first-order chi connectivity index (χ1) is 8.00. The molecule has 2 nitrogen and oxygen atoms in total. The molecule has 1 fully saturated rings. The van der Waals surface area contributed by atoms with Crippen molar-refractivity contribution in [3.05, 3.63) is 35.4 Å². The lowest BCUT2D eigenvalue weighted by atomic mass is 9.99. The minimum absolute atomic E-state index is 0.0719. The Morgan fingerprint density at radius 1 is 1.35 bits per heavy atom. The van der Waals surface area contributed by atoms with Gasteiger partial charge in [-0.3, -0.25) is 0 Å². The zero-order chi connectivity index (χ0) is 12.5. The molecule has 0 aromatic heterocycles. The van der Waals surface area contributed by atoms with E-state index < -0.39 is 11.7 Å². The molecule has 1 aliphatic rings. The fraction of sp³-hybridized carbons (Fsp3) is 0.500. The van der Waals surface area contributed by atoms with Gasteiger partial charge in [0.15, 0.2) is 0 Å². The first-order valence-corrected chi connectivity index (χ1v) is 5.52. The van der Waals surface area contributed by atoms with Crippen molar-refractivity contribution in [2.24, 2.45) is 5.92 Å². The predicted octanol–water partition coefficient (Wildman–Crippen LogP) is 2.35. The Labute approximate surface area is 97.5 Å². The average molecular weight is 245 g/mol. The number of rotatable bonds is 2. The standard InChI is InChI=1S/C12H14F3NO/c13-12(14,15)10-3-1-2-9(5-10)11-4-8(7-17)6-16-11/h1-3,5,8,11,16-17H,4,6-7H2. The lowest BCUT2D eigenvalue weighted by Gasteiger charge is -2.13. The van der Waals surface area contributed by atoms with E-state index in [4.69, 9.17) is 5.11 Å². The first-order valence-electron chi connectivity index (χ1n) is 5.52. The van der Waals surface area contributed by atoms with Gasteiger partial charge in [0.05, 0.1) is 5.56 Å². The minimum Gasteiger partial charge on any atom is -0.396 e. The molecule has 1 heterocycles. The Bertz CT molecular complexity index is 392. The van der Waals surface area contributed by atoms with Crippen molar-refractivity contribution in [2.75, 3.05) is 13.2 Å². The molecule has 2 N–H and O–H groups in total. The van der Waals surface area contributed by atoms with Crippen LogP contribution in [-0.4, -0.2) is 18.3 Å². The number of nitrogens with one attached hydrogen (secondary N) is 1. The predicted molar refractivity (Wildman–Crippen MR) is 57.4 cm³/mol. The summed E-state index contributed by atoms with van der Waals surface area (Å²) in [6.45, 7) is 0.722. The van der Waals surface area contributed by atoms with Crippen LogP contribution in [0.3, 0.4) is 0 Å². The van der Waals surface area contributed by atoms with Gasteiger partial charge in [0.1, 0.15) is 0 Å². The quantitative estimate of drug-likeness (QED) is 0.838. The maximum Gasteiger partial charge on any atom is 0.416 e. The highest BCUT2D eigenvalue weighted by Crippen LogP contribution is 2.33. The van der Waals surface area contributed by atoms with Crippen LogP contribution in [0.15, 0.2) is 24.3 Å². The van der Waals surface area contributed by atoms with Gasteiger partial charge < -0.3 is 10.4 Å². The molecule has 0 radical (unpaired) electrons. The van der Waals surface area contributed by atoms with Gasteiger partial charge in [-0.1, -0.05) is 12.1 Å². The van der Waals surface area contributed by atoms with Crippen molar-refractivity contribution < 1.29 is 18.3 Å². The summed E-state index contributed by atoms with van der Waals surface area (Å²) >= 11 is 0. The molecule has 2 atom stereocenters. The number of alkyl halides is 3. The molecule has 0 saturated carbocycles. The number of hydrogen-bond acceptors (Lipinski definition) is 2. The second-order valence-electron chi connectivity index (χ2n) is 4.37. The van der Waals surface area contributed by atoms with Crippen LogP contribution in [0.1, 0.15) is 23.6 Å². The maximum atomic E-state index is 12.5. The van der Waals surface area contributed by atoms with Crippen molar-refractivity contribution in [1.29, 1.82) is 0 Å². The molecule has 94 valence electrons.